The van der Waals surface area contributed by atoms with Crippen LogP contribution in [-0.2, 0) is 13.6 Å². The number of hydrogen-bond donors (Lipinski definition) is 2. The first-order valence-electron chi connectivity index (χ1n) is 6.27. The summed E-state index contributed by atoms with van der Waals surface area (Å²) in [5, 5.41) is 7.52. The van der Waals surface area contributed by atoms with Gasteiger partial charge in [-0.1, -0.05) is 0 Å². The molecule has 0 bridgehead atoms. The molecule has 6 nitrogen and oxygen atoms in total. The molecular weight excluding hydrogens is 228 g/mol. The van der Waals surface area contributed by atoms with E-state index in [1.165, 1.54) is 0 Å². The molecule has 3 heterocycles. The zero-order valence-corrected chi connectivity index (χ0v) is 10.6. The second-order valence-corrected chi connectivity index (χ2v) is 4.67. The fraction of sp³-hybridized carbons (Fsp3) is 0.500. The van der Waals surface area contributed by atoms with Crippen LogP contribution in [0.2, 0.25) is 0 Å². The average Bonchev–Trinajstić information content (AvgIpc) is 2.99. The number of nitrogens with zero attached hydrogens (tertiary/aromatic N) is 4. The van der Waals surface area contributed by atoms with E-state index in [9.17, 15) is 0 Å². The summed E-state index contributed by atoms with van der Waals surface area (Å²) in [6, 6.07) is 0. The maximum Gasteiger partial charge on any atom is 0.120 e. The van der Waals surface area contributed by atoms with E-state index in [-0.39, 0.29) is 0 Å². The summed E-state index contributed by atoms with van der Waals surface area (Å²) in [6.45, 7) is 5.19. The minimum Gasteiger partial charge on any atom is -0.341 e. The Labute approximate surface area is 106 Å². The van der Waals surface area contributed by atoms with Crippen LogP contribution in [0.4, 0.5) is 0 Å². The van der Waals surface area contributed by atoms with Crippen molar-refractivity contribution in [1.29, 1.82) is 0 Å². The van der Waals surface area contributed by atoms with Crippen LogP contribution >= 0.6 is 0 Å². The van der Waals surface area contributed by atoms with Gasteiger partial charge in [0, 0.05) is 45.0 Å². The molecule has 0 saturated carbocycles. The molecular formula is C12H18N6. The number of hydrogen-bond acceptors (Lipinski definition) is 4. The lowest BCUT2D eigenvalue weighted by Gasteiger charge is -2.26. The molecule has 0 amide bonds. The van der Waals surface area contributed by atoms with Gasteiger partial charge in [0.2, 0.25) is 0 Å². The predicted octanol–water partition coefficient (Wildman–Crippen LogP) is 0.215. The Morgan fingerprint density at radius 2 is 2.11 bits per heavy atom. The van der Waals surface area contributed by atoms with Crippen LogP contribution in [0.3, 0.4) is 0 Å². The second-order valence-electron chi connectivity index (χ2n) is 4.67. The smallest absolute Gasteiger partial charge is 0.120 e. The third-order valence-electron chi connectivity index (χ3n) is 3.23. The molecule has 1 saturated heterocycles. The van der Waals surface area contributed by atoms with Gasteiger partial charge in [-0.3, -0.25) is 9.58 Å². The lowest BCUT2D eigenvalue weighted by Crippen LogP contribution is -2.43. The van der Waals surface area contributed by atoms with E-state index in [1.807, 2.05) is 25.6 Å². The number of imidazole rings is 1. The average molecular weight is 246 g/mol. The minimum absolute atomic E-state index is 0.891. The lowest BCUT2D eigenvalue weighted by atomic mass is 10.3. The summed E-state index contributed by atoms with van der Waals surface area (Å²) in [4.78, 5) is 10.2. The molecule has 2 N–H and O–H groups in total. The van der Waals surface area contributed by atoms with Crippen LogP contribution in [-0.4, -0.2) is 50.8 Å². The minimum atomic E-state index is 0.891. The Bertz CT molecular complexity index is 508. The van der Waals surface area contributed by atoms with Crippen LogP contribution in [0.1, 0.15) is 5.82 Å². The standard InChI is InChI=1S/C12H18N6/c1-17-8-10(6-15-17)11-7-14-12(16-11)9-18-4-2-13-3-5-18/h6-8,13H,2-5,9H2,1H3,(H,14,16). The SMILES string of the molecule is Cn1cc(-c2cnc(CN3CCNCC3)[nH]2)cn1. The van der Waals surface area contributed by atoms with E-state index in [4.69, 9.17) is 0 Å². The van der Waals surface area contributed by atoms with E-state index >= 15 is 0 Å². The van der Waals surface area contributed by atoms with E-state index in [2.05, 4.69) is 25.3 Å². The zero-order chi connectivity index (χ0) is 12.4. The van der Waals surface area contributed by atoms with Gasteiger partial charge < -0.3 is 10.3 Å². The van der Waals surface area contributed by atoms with Crippen LogP contribution in [0.5, 0.6) is 0 Å². The Kier molecular flexibility index (Phi) is 3.12. The summed E-state index contributed by atoms with van der Waals surface area (Å²) in [7, 11) is 1.92. The summed E-state index contributed by atoms with van der Waals surface area (Å²) in [5.41, 5.74) is 2.12. The van der Waals surface area contributed by atoms with Gasteiger partial charge in [-0.15, -0.1) is 0 Å². The number of aryl methyl sites for hydroxylation is 1. The van der Waals surface area contributed by atoms with E-state index in [0.717, 1.165) is 49.8 Å². The molecule has 18 heavy (non-hydrogen) atoms. The molecule has 0 atom stereocenters. The number of aromatic nitrogens is 4. The van der Waals surface area contributed by atoms with Crippen molar-refractivity contribution in [2.45, 2.75) is 6.54 Å². The molecule has 2 aromatic heterocycles. The van der Waals surface area contributed by atoms with Gasteiger partial charge in [0.05, 0.1) is 24.6 Å². The van der Waals surface area contributed by atoms with Gasteiger partial charge in [0.25, 0.3) is 0 Å². The molecule has 0 unspecified atom stereocenters. The predicted molar refractivity (Wildman–Crippen MR) is 68.9 cm³/mol. The van der Waals surface area contributed by atoms with Crippen LogP contribution in [0, 0.1) is 0 Å². The van der Waals surface area contributed by atoms with Crippen LogP contribution < -0.4 is 5.32 Å². The highest BCUT2D eigenvalue weighted by molar-refractivity contribution is 5.55. The van der Waals surface area contributed by atoms with E-state index < -0.39 is 0 Å². The second kappa shape index (κ2) is 4.91. The third-order valence-corrected chi connectivity index (χ3v) is 3.23. The van der Waals surface area contributed by atoms with Crippen molar-refractivity contribution >= 4 is 0 Å². The number of rotatable bonds is 3. The molecule has 3 rings (SSSR count). The van der Waals surface area contributed by atoms with Gasteiger partial charge in [-0.05, 0) is 0 Å². The molecule has 1 aliphatic heterocycles. The van der Waals surface area contributed by atoms with Crippen molar-refractivity contribution in [3.63, 3.8) is 0 Å². The number of aromatic amines is 1. The summed E-state index contributed by atoms with van der Waals surface area (Å²) in [5.74, 6) is 1.02. The molecule has 1 fully saturated rings. The fourth-order valence-electron chi connectivity index (χ4n) is 2.23. The van der Waals surface area contributed by atoms with Crippen molar-refractivity contribution in [3.05, 3.63) is 24.4 Å². The van der Waals surface area contributed by atoms with Gasteiger partial charge in [-0.2, -0.15) is 5.10 Å². The van der Waals surface area contributed by atoms with Gasteiger partial charge in [0.1, 0.15) is 5.82 Å². The van der Waals surface area contributed by atoms with Crippen molar-refractivity contribution in [1.82, 2.24) is 30.0 Å². The first-order chi connectivity index (χ1) is 8.81. The van der Waals surface area contributed by atoms with Crippen molar-refractivity contribution in [2.75, 3.05) is 26.2 Å². The molecule has 0 radical (unpaired) electrons. The highest BCUT2D eigenvalue weighted by Gasteiger charge is 2.12. The highest BCUT2D eigenvalue weighted by atomic mass is 15.2. The first-order valence-corrected chi connectivity index (χ1v) is 6.27. The van der Waals surface area contributed by atoms with Crippen molar-refractivity contribution in [2.24, 2.45) is 7.05 Å². The lowest BCUT2D eigenvalue weighted by molar-refractivity contribution is 0.228. The van der Waals surface area contributed by atoms with Gasteiger partial charge >= 0.3 is 0 Å². The number of H-pyrrole nitrogens is 1. The van der Waals surface area contributed by atoms with Crippen molar-refractivity contribution < 1.29 is 0 Å². The molecule has 0 aromatic carbocycles. The van der Waals surface area contributed by atoms with E-state index in [0.29, 0.717) is 0 Å². The van der Waals surface area contributed by atoms with Crippen molar-refractivity contribution in [3.8, 4) is 11.3 Å². The van der Waals surface area contributed by atoms with Gasteiger partial charge in [0.15, 0.2) is 0 Å². The van der Waals surface area contributed by atoms with Gasteiger partial charge in [-0.25, -0.2) is 4.98 Å². The Morgan fingerprint density at radius 3 is 2.83 bits per heavy atom. The quantitative estimate of drug-likeness (QED) is 0.813. The maximum atomic E-state index is 4.44. The van der Waals surface area contributed by atoms with Crippen LogP contribution in [0.25, 0.3) is 11.3 Å². The Balaban J connectivity index is 1.69. The number of nitrogens with one attached hydrogen (secondary N) is 2. The maximum absolute atomic E-state index is 4.44. The Hall–Kier alpha value is -1.66. The largest absolute Gasteiger partial charge is 0.341 e. The molecule has 0 aliphatic carbocycles. The summed E-state index contributed by atoms with van der Waals surface area (Å²) in [6.07, 6.45) is 5.72. The molecule has 96 valence electrons. The topological polar surface area (TPSA) is 61.8 Å². The normalized spacial score (nSPS) is 17.2. The molecule has 1 aliphatic rings. The summed E-state index contributed by atoms with van der Waals surface area (Å²) >= 11 is 0. The number of piperazine rings is 1. The fourth-order valence-corrected chi connectivity index (χ4v) is 2.23. The summed E-state index contributed by atoms with van der Waals surface area (Å²) < 4.78 is 1.80. The van der Waals surface area contributed by atoms with Crippen LogP contribution in [0.15, 0.2) is 18.6 Å². The monoisotopic (exact) mass is 246 g/mol. The zero-order valence-electron chi connectivity index (χ0n) is 10.6. The van der Waals surface area contributed by atoms with E-state index in [1.54, 1.807) is 4.68 Å². The first kappa shape index (κ1) is 11.4. The molecule has 6 heteroatoms. The highest BCUT2D eigenvalue weighted by Crippen LogP contribution is 2.16. The third kappa shape index (κ3) is 2.44. The molecule has 2 aromatic rings. The molecule has 0 spiro atoms. The Morgan fingerprint density at radius 1 is 1.28 bits per heavy atom.